The first-order valence-electron chi connectivity index (χ1n) is 9.67. The molecular weight excluding hydrogens is 318 g/mol. The van der Waals surface area contributed by atoms with Crippen molar-refractivity contribution in [2.75, 3.05) is 20.2 Å². The number of methoxy groups -OCH3 is 1. The van der Waals surface area contributed by atoms with Gasteiger partial charge in [0.15, 0.2) is 0 Å². The Labute approximate surface area is 148 Å². The Balaban J connectivity index is 1.30. The number of likely N-dealkylation sites (tertiary alicyclic amines) is 1. The second kappa shape index (κ2) is 6.72. The lowest BCUT2D eigenvalue weighted by molar-refractivity contribution is -0.202. The third kappa shape index (κ3) is 2.89. The zero-order valence-electron chi connectivity index (χ0n) is 15.1. The van der Waals surface area contributed by atoms with E-state index in [1.807, 2.05) is 4.90 Å². The van der Waals surface area contributed by atoms with Gasteiger partial charge < -0.3 is 14.7 Å². The van der Waals surface area contributed by atoms with Crippen molar-refractivity contribution < 1.29 is 14.6 Å². The van der Waals surface area contributed by atoms with Gasteiger partial charge in [0.05, 0.1) is 17.9 Å². The molecule has 138 valence electrons. The Morgan fingerprint density at radius 2 is 2.12 bits per heavy atom. The average Bonchev–Trinajstić information content (AvgIpc) is 3.07. The molecular formula is C19H29N3O3. The third-order valence-electron chi connectivity index (χ3n) is 6.79. The molecule has 1 aromatic heterocycles. The fourth-order valence-corrected chi connectivity index (χ4v) is 5.02. The van der Waals surface area contributed by atoms with Gasteiger partial charge >= 0.3 is 0 Å². The van der Waals surface area contributed by atoms with Gasteiger partial charge in [0.25, 0.3) is 0 Å². The van der Waals surface area contributed by atoms with Crippen LogP contribution < -0.4 is 0 Å². The first kappa shape index (κ1) is 17.0. The molecule has 6 heteroatoms. The zero-order chi connectivity index (χ0) is 17.4. The van der Waals surface area contributed by atoms with E-state index in [-0.39, 0.29) is 23.5 Å². The number of aliphatic hydroxyl groups is 1. The minimum absolute atomic E-state index is 0.118. The average molecular weight is 347 g/mol. The normalized spacial score (nSPS) is 27.8. The second-order valence-corrected chi connectivity index (χ2v) is 7.92. The highest BCUT2D eigenvalue weighted by Gasteiger charge is 2.56. The number of aliphatic hydroxyl groups excluding tert-OH is 1. The number of aromatic nitrogens is 2. The topological polar surface area (TPSA) is 78.5 Å². The minimum Gasteiger partial charge on any atom is -0.392 e. The molecule has 2 aliphatic carbocycles. The molecule has 25 heavy (non-hydrogen) atoms. The van der Waals surface area contributed by atoms with E-state index in [1.165, 1.54) is 24.1 Å². The van der Waals surface area contributed by atoms with Gasteiger partial charge in [0, 0.05) is 50.6 Å². The van der Waals surface area contributed by atoms with Crippen LogP contribution in [0.4, 0.5) is 0 Å². The number of H-pyrrole nitrogens is 1. The predicted octanol–water partition coefficient (Wildman–Crippen LogP) is 1.61. The fraction of sp³-hybridized carbons (Fsp3) is 0.789. The van der Waals surface area contributed by atoms with Crippen LogP contribution in [0.5, 0.6) is 0 Å². The van der Waals surface area contributed by atoms with Gasteiger partial charge in [-0.3, -0.25) is 9.89 Å². The summed E-state index contributed by atoms with van der Waals surface area (Å²) >= 11 is 0. The summed E-state index contributed by atoms with van der Waals surface area (Å²) in [5, 5.41) is 17.8. The van der Waals surface area contributed by atoms with Crippen LogP contribution >= 0.6 is 0 Å². The summed E-state index contributed by atoms with van der Waals surface area (Å²) in [5.41, 5.74) is 3.60. The Hall–Kier alpha value is -1.40. The highest BCUT2D eigenvalue weighted by molar-refractivity contribution is 5.76. The lowest BCUT2D eigenvalue weighted by atomic mass is 9.58. The summed E-state index contributed by atoms with van der Waals surface area (Å²) in [6, 6.07) is 0. The minimum atomic E-state index is -0.273. The monoisotopic (exact) mass is 347 g/mol. The number of carbonyl (C=O) groups is 1. The van der Waals surface area contributed by atoms with E-state index in [1.54, 1.807) is 7.11 Å². The molecule has 2 N–H and O–H groups in total. The molecule has 0 unspecified atom stereocenters. The molecule has 2 atom stereocenters. The van der Waals surface area contributed by atoms with Gasteiger partial charge in [-0.05, 0) is 44.1 Å². The van der Waals surface area contributed by atoms with Crippen molar-refractivity contribution in [3.63, 3.8) is 0 Å². The van der Waals surface area contributed by atoms with Crippen molar-refractivity contribution in [1.82, 2.24) is 15.1 Å². The Morgan fingerprint density at radius 1 is 1.36 bits per heavy atom. The molecule has 1 saturated carbocycles. The summed E-state index contributed by atoms with van der Waals surface area (Å²) in [5.74, 6) is 0.213. The number of amides is 1. The molecule has 1 aromatic rings. The number of aromatic amines is 1. The van der Waals surface area contributed by atoms with Gasteiger partial charge in [-0.2, -0.15) is 5.10 Å². The largest absolute Gasteiger partial charge is 0.392 e. The van der Waals surface area contributed by atoms with Gasteiger partial charge in [-0.25, -0.2) is 0 Å². The van der Waals surface area contributed by atoms with Crippen LogP contribution in [0.2, 0.25) is 0 Å². The van der Waals surface area contributed by atoms with Crippen LogP contribution in [0.1, 0.15) is 55.5 Å². The molecule has 0 radical (unpaired) electrons. The second-order valence-electron chi connectivity index (χ2n) is 7.92. The molecule has 2 fully saturated rings. The van der Waals surface area contributed by atoms with Crippen molar-refractivity contribution in [1.29, 1.82) is 0 Å². The highest BCUT2D eigenvalue weighted by atomic mass is 16.5. The number of aryl methyl sites for hydroxylation is 2. The maximum Gasteiger partial charge on any atom is 0.222 e. The summed E-state index contributed by atoms with van der Waals surface area (Å²) < 4.78 is 5.52. The van der Waals surface area contributed by atoms with E-state index in [4.69, 9.17) is 4.74 Å². The van der Waals surface area contributed by atoms with Crippen molar-refractivity contribution in [2.45, 2.75) is 70.0 Å². The van der Waals surface area contributed by atoms with E-state index < -0.39 is 0 Å². The smallest absolute Gasteiger partial charge is 0.222 e. The van der Waals surface area contributed by atoms with E-state index in [0.717, 1.165) is 57.3 Å². The van der Waals surface area contributed by atoms with E-state index in [2.05, 4.69) is 10.2 Å². The standard InChI is InChI=1S/C19H29N3O3/c1-25-17-12-16(23)19(17)8-10-22(11-9-19)18(24)7-6-15-13-4-2-3-5-14(13)20-21-15/h16-17,23H,2-12H2,1H3,(H,20,21)/t16-,17+/m1/s1. The van der Waals surface area contributed by atoms with Crippen LogP contribution in [0.3, 0.4) is 0 Å². The summed E-state index contributed by atoms with van der Waals surface area (Å²) in [7, 11) is 1.72. The maximum absolute atomic E-state index is 12.6. The summed E-state index contributed by atoms with van der Waals surface area (Å²) in [6.07, 6.45) is 8.20. The van der Waals surface area contributed by atoms with Crippen LogP contribution in [0.25, 0.3) is 0 Å². The van der Waals surface area contributed by atoms with E-state index in [9.17, 15) is 9.90 Å². The number of hydrogen-bond acceptors (Lipinski definition) is 4. The molecule has 4 rings (SSSR count). The van der Waals surface area contributed by atoms with Crippen molar-refractivity contribution in [2.24, 2.45) is 5.41 Å². The lowest BCUT2D eigenvalue weighted by Gasteiger charge is -2.56. The number of ether oxygens (including phenoxy) is 1. The van der Waals surface area contributed by atoms with Crippen molar-refractivity contribution >= 4 is 5.91 Å². The van der Waals surface area contributed by atoms with Crippen LogP contribution in [0, 0.1) is 5.41 Å². The quantitative estimate of drug-likeness (QED) is 0.867. The Morgan fingerprint density at radius 3 is 2.84 bits per heavy atom. The van der Waals surface area contributed by atoms with Gasteiger partial charge in [-0.15, -0.1) is 0 Å². The van der Waals surface area contributed by atoms with Crippen LogP contribution in [-0.2, 0) is 28.8 Å². The Kier molecular flexibility index (Phi) is 4.58. The summed E-state index contributed by atoms with van der Waals surface area (Å²) in [4.78, 5) is 14.6. The van der Waals surface area contributed by atoms with Gasteiger partial charge in [0.1, 0.15) is 0 Å². The number of fused-ring (bicyclic) bond motifs is 1. The molecule has 1 saturated heterocycles. The van der Waals surface area contributed by atoms with Crippen LogP contribution in [-0.4, -0.2) is 58.5 Å². The zero-order valence-corrected chi connectivity index (χ0v) is 15.1. The number of hydrogen-bond donors (Lipinski definition) is 2. The summed E-state index contributed by atoms with van der Waals surface area (Å²) in [6.45, 7) is 1.46. The molecule has 1 amide bonds. The highest BCUT2D eigenvalue weighted by Crippen LogP contribution is 2.50. The van der Waals surface area contributed by atoms with Gasteiger partial charge in [0.2, 0.25) is 5.91 Å². The number of nitrogens with one attached hydrogen (secondary N) is 1. The van der Waals surface area contributed by atoms with Crippen molar-refractivity contribution in [3.05, 3.63) is 17.0 Å². The Bertz CT molecular complexity index is 634. The molecule has 1 spiro atoms. The SMILES string of the molecule is CO[C@H]1C[C@@H](O)C12CCN(C(=O)CCc1n[nH]c3c1CCCC3)CC2. The first-order chi connectivity index (χ1) is 12.1. The number of nitrogens with zero attached hydrogens (tertiary/aromatic N) is 2. The number of piperidine rings is 1. The third-order valence-corrected chi connectivity index (χ3v) is 6.79. The van der Waals surface area contributed by atoms with Gasteiger partial charge in [-0.1, -0.05) is 0 Å². The predicted molar refractivity (Wildman–Crippen MR) is 93.2 cm³/mol. The molecule has 0 aromatic carbocycles. The molecule has 3 aliphatic rings. The lowest BCUT2D eigenvalue weighted by Crippen LogP contribution is -2.62. The van der Waals surface area contributed by atoms with E-state index >= 15 is 0 Å². The molecule has 0 bridgehead atoms. The van der Waals surface area contributed by atoms with E-state index in [0.29, 0.717) is 6.42 Å². The maximum atomic E-state index is 12.6. The number of carbonyl (C=O) groups excluding carboxylic acids is 1. The number of rotatable bonds is 4. The molecule has 6 nitrogen and oxygen atoms in total. The first-order valence-corrected chi connectivity index (χ1v) is 9.67. The van der Waals surface area contributed by atoms with Crippen LogP contribution in [0.15, 0.2) is 0 Å². The molecule has 2 heterocycles. The van der Waals surface area contributed by atoms with Crippen molar-refractivity contribution in [3.8, 4) is 0 Å². The molecule has 1 aliphatic heterocycles. The fourth-order valence-electron chi connectivity index (χ4n) is 5.02.